The van der Waals surface area contributed by atoms with Gasteiger partial charge in [-0.1, -0.05) is 18.2 Å². The molecule has 0 saturated carbocycles. The van der Waals surface area contributed by atoms with Crippen molar-refractivity contribution in [3.8, 4) is 0 Å². The van der Waals surface area contributed by atoms with Gasteiger partial charge in [0.15, 0.2) is 0 Å². The largest absolute Gasteiger partial charge is 0.469 e. The van der Waals surface area contributed by atoms with E-state index in [1.165, 1.54) is 12.1 Å². The molecule has 0 aliphatic heterocycles. The van der Waals surface area contributed by atoms with Gasteiger partial charge in [0.1, 0.15) is 6.04 Å². The first-order valence-electron chi connectivity index (χ1n) is 9.35. The van der Waals surface area contributed by atoms with Crippen LogP contribution in [-0.2, 0) is 25.2 Å². The molecule has 0 bridgehead atoms. The molecule has 2 aromatic rings. The van der Waals surface area contributed by atoms with Crippen molar-refractivity contribution in [3.63, 3.8) is 0 Å². The van der Waals surface area contributed by atoms with Crippen LogP contribution in [0.2, 0.25) is 0 Å². The lowest BCUT2D eigenvalue weighted by Crippen LogP contribution is -2.46. The zero-order chi connectivity index (χ0) is 24.8. The molecule has 176 valence electrons. The van der Waals surface area contributed by atoms with Crippen molar-refractivity contribution in [2.45, 2.75) is 24.6 Å². The highest BCUT2D eigenvalue weighted by Crippen LogP contribution is 2.30. The van der Waals surface area contributed by atoms with Crippen LogP contribution in [0.3, 0.4) is 0 Å². The number of benzene rings is 2. The zero-order valence-corrected chi connectivity index (χ0v) is 17.4. The summed E-state index contributed by atoms with van der Waals surface area (Å²) < 4.78 is 48.3. The monoisotopic (exact) mass is 468 g/mol. The summed E-state index contributed by atoms with van der Waals surface area (Å²) in [4.78, 5) is 47.4. The Morgan fingerprint density at radius 2 is 1.70 bits per heavy atom. The van der Waals surface area contributed by atoms with Crippen LogP contribution in [0.4, 0.5) is 18.9 Å². The number of rotatable bonds is 8. The number of hydrogen-bond donors (Lipinski definition) is 1. The number of esters is 2. The van der Waals surface area contributed by atoms with Gasteiger partial charge in [-0.3, -0.25) is 19.7 Å². The molecule has 0 unspecified atom stereocenters. The van der Waals surface area contributed by atoms with Crippen molar-refractivity contribution in [3.05, 3.63) is 75.3 Å². The number of methoxy groups -OCH3 is 2. The number of alkyl halides is 3. The first-order chi connectivity index (χ1) is 15.5. The molecule has 1 amide bonds. The Morgan fingerprint density at radius 1 is 1.06 bits per heavy atom. The molecule has 0 radical (unpaired) electrons. The van der Waals surface area contributed by atoms with Crippen LogP contribution in [0.5, 0.6) is 0 Å². The fourth-order valence-corrected chi connectivity index (χ4v) is 3.05. The smallest absolute Gasteiger partial charge is 0.416 e. The topological polar surface area (TPSA) is 125 Å². The van der Waals surface area contributed by atoms with E-state index in [1.807, 2.05) is 0 Å². The van der Waals surface area contributed by atoms with Crippen LogP contribution in [-0.4, -0.2) is 43.0 Å². The number of non-ortho nitro benzene ring substituents is 1. The Kier molecular flexibility index (Phi) is 8.10. The maximum absolute atomic E-state index is 13.0. The van der Waals surface area contributed by atoms with Crippen LogP contribution in [0, 0.1) is 10.1 Å². The van der Waals surface area contributed by atoms with Crippen LogP contribution < -0.4 is 5.32 Å². The fourth-order valence-electron chi connectivity index (χ4n) is 3.05. The van der Waals surface area contributed by atoms with E-state index in [2.05, 4.69) is 10.1 Å². The number of hydrogen-bond acceptors (Lipinski definition) is 7. The van der Waals surface area contributed by atoms with Gasteiger partial charge in [0.05, 0.1) is 31.1 Å². The molecule has 0 saturated heterocycles. The normalized spacial score (nSPS) is 12.9. The average molecular weight is 468 g/mol. The molecule has 9 nitrogen and oxygen atoms in total. The highest BCUT2D eigenvalue weighted by Gasteiger charge is 2.35. The van der Waals surface area contributed by atoms with Gasteiger partial charge in [-0.15, -0.1) is 0 Å². The maximum atomic E-state index is 13.0. The van der Waals surface area contributed by atoms with Crippen molar-refractivity contribution in [2.24, 2.45) is 0 Å². The first-order valence-corrected chi connectivity index (χ1v) is 9.35. The van der Waals surface area contributed by atoms with Crippen molar-refractivity contribution in [1.29, 1.82) is 0 Å². The van der Waals surface area contributed by atoms with E-state index >= 15 is 0 Å². The highest BCUT2D eigenvalue weighted by molar-refractivity contribution is 5.97. The molecule has 2 aromatic carbocycles. The lowest BCUT2D eigenvalue weighted by molar-refractivity contribution is -0.384. The average Bonchev–Trinajstić information content (AvgIpc) is 2.80. The molecular formula is C21H19F3N2O7. The van der Waals surface area contributed by atoms with Crippen LogP contribution in [0.15, 0.2) is 48.5 Å². The second kappa shape index (κ2) is 10.6. The van der Waals surface area contributed by atoms with Gasteiger partial charge in [0.2, 0.25) is 0 Å². The Balaban J connectivity index is 2.44. The SMILES string of the molecule is COC(=O)C[C@@H](c1ccc([N+](=O)[O-])cc1)[C@H](NC(=O)c1cccc(C(F)(F)F)c1)C(=O)OC. The van der Waals surface area contributed by atoms with Gasteiger partial charge in [-0.25, -0.2) is 4.79 Å². The van der Waals surface area contributed by atoms with E-state index < -0.39 is 52.9 Å². The number of carbonyl (C=O) groups excluding carboxylic acids is 3. The van der Waals surface area contributed by atoms with E-state index in [0.717, 1.165) is 44.6 Å². The molecule has 0 aromatic heterocycles. The lowest BCUT2D eigenvalue weighted by Gasteiger charge is -2.26. The van der Waals surface area contributed by atoms with E-state index in [-0.39, 0.29) is 16.8 Å². The van der Waals surface area contributed by atoms with Crippen molar-refractivity contribution in [2.75, 3.05) is 14.2 Å². The molecule has 0 fully saturated rings. The molecule has 33 heavy (non-hydrogen) atoms. The van der Waals surface area contributed by atoms with Gasteiger partial charge in [0.25, 0.3) is 11.6 Å². The molecule has 0 aliphatic carbocycles. The molecule has 0 spiro atoms. The van der Waals surface area contributed by atoms with Crippen LogP contribution >= 0.6 is 0 Å². The molecule has 0 aliphatic rings. The summed E-state index contributed by atoms with van der Waals surface area (Å²) in [5, 5.41) is 13.2. The summed E-state index contributed by atoms with van der Waals surface area (Å²) in [6.45, 7) is 0. The summed E-state index contributed by atoms with van der Waals surface area (Å²) in [6.07, 6.45) is -5.12. The fraction of sp³-hybridized carbons (Fsp3) is 0.286. The number of nitrogens with one attached hydrogen (secondary N) is 1. The number of halogens is 3. The van der Waals surface area contributed by atoms with E-state index in [4.69, 9.17) is 4.74 Å². The summed E-state index contributed by atoms with van der Waals surface area (Å²) in [5.41, 5.74) is -1.44. The Labute approximate surface area is 185 Å². The van der Waals surface area contributed by atoms with Gasteiger partial charge in [-0.05, 0) is 23.8 Å². The Hall–Kier alpha value is -3.96. The first kappa shape index (κ1) is 25.3. The van der Waals surface area contributed by atoms with Crippen LogP contribution in [0.25, 0.3) is 0 Å². The predicted octanol–water partition coefficient (Wildman–Crippen LogP) is 3.23. The second-order valence-electron chi connectivity index (χ2n) is 6.79. The summed E-state index contributed by atoms with van der Waals surface area (Å²) in [7, 11) is 2.13. The summed E-state index contributed by atoms with van der Waals surface area (Å²) in [5.74, 6) is -3.86. The zero-order valence-electron chi connectivity index (χ0n) is 17.4. The minimum Gasteiger partial charge on any atom is -0.469 e. The summed E-state index contributed by atoms with van der Waals surface area (Å²) >= 11 is 0. The number of amides is 1. The van der Waals surface area contributed by atoms with E-state index in [9.17, 15) is 37.7 Å². The van der Waals surface area contributed by atoms with E-state index in [1.54, 1.807) is 0 Å². The minimum atomic E-state index is -4.69. The second-order valence-corrected chi connectivity index (χ2v) is 6.79. The molecule has 2 rings (SSSR count). The maximum Gasteiger partial charge on any atom is 0.416 e. The quantitative estimate of drug-likeness (QED) is 0.358. The third-order valence-electron chi connectivity index (χ3n) is 4.74. The number of nitro benzene ring substituents is 1. The Bertz CT molecular complexity index is 1040. The van der Waals surface area contributed by atoms with Crippen molar-refractivity contribution >= 4 is 23.5 Å². The number of nitrogens with zero attached hydrogens (tertiary/aromatic N) is 1. The number of ether oxygens (including phenoxy) is 2. The van der Waals surface area contributed by atoms with Crippen LogP contribution in [0.1, 0.15) is 33.8 Å². The third-order valence-corrected chi connectivity index (χ3v) is 4.74. The van der Waals surface area contributed by atoms with Crippen molar-refractivity contribution in [1.82, 2.24) is 5.32 Å². The minimum absolute atomic E-state index is 0.252. The van der Waals surface area contributed by atoms with Gasteiger partial charge >= 0.3 is 18.1 Å². The molecular weight excluding hydrogens is 449 g/mol. The molecule has 12 heteroatoms. The molecule has 1 N–H and O–H groups in total. The highest BCUT2D eigenvalue weighted by atomic mass is 19.4. The summed E-state index contributed by atoms with van der Waals surface area (Å²) in [6, 6.07) is 6.91. The number of nitro groups is 1. The Morgan fingerprint density at radius 3 is 2.21 bits per heavy atom. The van der Waals surface area contributed by atoms with Gasteiger partial charge in [0, 0.05) is 23.6 Å². The molecule has 0 heterocycles. The predicted molar refractivity (Wildman–Crippen MR) is 107 cm³/mol. The number of carbonyl (C=O) groups is 3. The van der Waals surface area contributed by atoms with Crippen molar-refractivity contribution < 1.29 is 42.0 Å². The standard InChI is InChI=1S/C21H19F3N2O7/c1-32-17(27)11-16(12-6-8-15(9-7-12)26(30)31)18(20(29)33-2)25-19(28)13-4-3-5-14(10-13)21(22,23)24/h3-10,16,18H,11H2,1-2H3,(H,25,28)/t16-,18-/m0/s1. The van der Waals surface area contributed by atoms with E-state index in [0.29, 0.717) is 6.07 Å². The third kappa shape index (κ3) is 6.51. The lowest BCUT2D eigenvalue weighted by atomic mass is 9.88. The van der Waals surface area contributed by atoms with Gasteiger partial charge < -0.3 is 14.8 Å². The van der Waals surface area contributed by atoms with Gasteiger partial charge in [-0.2, -0.15) is 13.2 Å². The molecule has 2 atom stereocenters.